The first kappa shape index (κ1) is 12.6. The zero-order chi connectivity index (χ0) is 14.1. The molecule has 0 radical (unpaired) electrons. The molecule has 1 aromatic carbocycles. The first-order valence-corrected chi connectivity index (χ1v) is 6.47. The van der Waals surface area contributed by atoms with Gasteiger partial charge in [0, 0.05) is 18.1 Å². The number of hydrogen-bond acceptors (Lipinski definition) is 4. The van der Waals surface area contributed by atoms with Gasteiger partial charge in [0.05, 0.1) is 0 Å². The zero-order valence-electron chi connectivity index (χ0n) is 11.8. The molecule has 0 unspecified atom stereocenters. The van der Waals surface area contributed by atoms with Crippen molar-refractivity contribution in [2.24, 2.45) is 7.05 Å². The maximum absolute atomic E-state index is 5.89. The quantitative estimate of drug-likeness (QED) is 0.732. The molecule has 3 rings (SSSR count). The predicted molar refractivity (Wildman–Crippen MR) is 76.6 cm³/mol. The van der Waals surface area contributed by atoms with Crippen molar-refractivity contribution in [1.82, 2.24) is 19.7 Å². The molecule has 0 spiro atoms. The number of fused-ring (bicyclic) bond motifs is 1. The van der Waals surface area contributed by atoms with Crippen LogP contribution in [0.25, 0.3) is 10.9 Å². The monoisotopic (exact) mass is 268 g/mol. The van der Waals surface area contributed by atoms with Gasteiger partial charge in [-0.3, -0.25) is 4.68 Å². The van der Waals surface area contributed by atoms with Gasteiger partial charge in [-0.1, -0.05) is 6.07 Å². The molecule has 102 valence electrons. The van der Waals surface area contributed by atoms with Gasteiger partial charge in [0.25, 0.3) is 0 Å². The van der Waals surface area contributed by atoms with Gasteiger partial charge in [0.1, 0.15) is 24.2 Å². The average Bonchev–Trinajstić information content (AvgIpc) is 2.82. The summed E-state index contributed by atoms with van der Waals surface area (Å²) in [5, 5.41) is 5.12. The van der Waals surface area contributed by atoms with E-state index in [1.54, 1.807) is 4.68 Å². The smallest absolute Gasteiger partial charge is 0.164 e. The minimum absolute atomic E-state index is 0.380. The lowest BCUT2D eigenvalue weighted by Crippen LogP contribution is -2.05. The molecule has 2 aromatic heterocycles. The number of ether oxygens (including phenoxy) is 1. The summed E-state index contributed by atoms with van der Waals surface area (Å²) in [5.74, 6) is 1.57. The molecule has 0 amide bonds. The fraction of sp³-hybridized carbons (Fsp3) is 0.267. The lowest BCUT2D eigenvalue weighted by atomic mass is 10.1. The van der Waals surface area contributed by atoms with Crippen LogP contribution in [-0.2, 0) is 13.7 Å². The minimum Gasteiger partial charge on any atom is -0.483 e. The molecule has 0 saturated heterocycles. The number of benzene rings is 1. The molecule has 5 nitrogen and oxygen atoms in total. The average molecular weight is 268 g/mol. The van der Waals surface area contributed by atoms with Crippen LogP contribution in [0, 0.1) is 13.8 Å². The lowest BCUT2D eigenvalue weighted by molar-refractivity contribution is 0.292. The number of pyridine rings is 1. The summed E-state index contributed by atoms with van der Waals surface area (Å²) < 4.78 is 7.60. The molecule has 0 saturated carbocycles. The van der Waals surface area contributed by atoms with E-state index in [0.717, 1.165) is 33.7 Å². The second-order valence-corrected chi connectivity index (χ2v) is 4.88. The summed E-state index contributed by atoms with van der Waals surface area (Å²) in [6, 6.07) is 8.19. The van der Waals surface area contributed by atoms with Gasteiger partial charge in [0.2, 0.25) is 0 Å². The fourth-order valence-electron chi connectivity index (χ4n) is 2.15. The molecule has 0 aliphatic heterocycles. The number of aromatic nitrogens is 4. The molecule has 0 aliphatic rings. The van der Waals surface area contributed by atoms with Gasteiger partial charge in [0.15, 0.2) is 5.82 Å². The molecule has 0 atom stereocenters. The van der Waals surface area contributed by atoms with Gasteiger partial charge in [-0.15, -0.1) is 0 Å². The first-order chi connectivity index (χ1) is 9.63. The Labute approximate surface area is 117 Å². The Morgan fingerprint density at radius 3 is 2.80 bits per heavy atom. The van der Waals surface area contributed by atoms with Crippen LogP contribution in [0.1, 0.15) is 17.1 Å². The summed E-state index contributed by atoms with van der Waals surface area (Å²) in [6.07, 6.45) is 1.52. The van der Waals surface area contributed by atoms with Crippen LogP contribution in [0.4, 0.5) is 0 Å². The molecule has 2 heterocycles. The van der Waals surface area contributed by atoms with E-state index in [1.165, 1.54) is 6.33 Å². The SMILES string of the molecule is Cc1cc(OCc2ncnn2C)c2nc(C)ccc2c1. The highest BCUT2D eigenvalue weighted by molar-refractivity contribution is 5.85. The van der Waals surface area contributed by atoms with Crippen LogP contribution in [0.2, 0.25) is 0 Å². The second-order valence-electron chi connectivity index (χ2n) is 4.88. The number of hydrogen-bond donors (Lipinski definition) is 0. The van der Waals surface area contributed by atoms with E-state index >= 15 is 0 Å². The highest BCUT2D eigenvalue weighted by Crippen LogP contribution is 2.26. The van der Waals surface area contributed by atoms with Crippen molar-refractivity contribution in [3.05, 3.63) is 47.7 Å². The molecule has 3 aromatic rings. The summed E-state index contributed by atoms with van der Waals surface area (Å²) in [4.78, 5) is 8.73. The van der Waals surface area contributed by atoms with Crippen LogP contribution in [0.5, 0.6) is 5.75 Å². The summed E-state index contributed by atoms with van der Waals surface area (Å²) >= 11 is 0. The molecule has 0 aliphatic carbocycles. The van der Waals surface area contributed by atoms with E-state index in [2.05, 4.69) is 34.1 Å². The van der Waals surface area contributed by atoms with E-state index < -0.39 is 0 Å². The standard InChI is InChI=1S/C15H16N4O/c1-10-6-12-5-4-11(2)18-15(12)13(7-10)20-8-14-16-9-17-19(14)3/h4-7,9H,8H2,1-3H3. The largest absolute Gasteiger partial charge is 0.483 e. The van der Waals surface area contributed by atoms with Crippen molar-refractivity contribution < 1.29 is 4.74 Å². The van der Waals surface area contributed by atoms with E-state index in [1.807, 2.05) is 26.1 Å². The molecule has 0 bridgehead atoms. The summed E-state index contributed by atoms with van der Waals surface area (Å²) in [6.45, 7) is 4.41. The normalized spacial score (nSPS) is 10.9. The van der Waals surface area contributed by atoms with Crippen molar-refractivity contribution in [3.63, 3.8) is 0 Å². The minimum atomic E-state index is 0.380. The lowest BCUT2D eigenvalue weighted by Gasteiger charge is -2.10. The first-order valence-electron chi connectivity index (χ1n) is 6.47. The summed E-state index contributed by atoms with van der Waals surface area (Å²) in [5.41, 5.74) is 3.01. The third kappa shape index (κ3) is 2.34. The Bertz CT molecular complexity index is 764. The molecule has 0 fully saturated rings. The maximum Gasteiger partial charge on any atom is 0.164 e. The topological polar surface area (TPSA) is 52.8 Å². The maximum atomic E-state index is 5.89. The Morgan fingerprint density at radius 1 is 1.20 bits per heavy atom. The van der Waals surface area contributed by atoms with Gasteiger partial charge in [-0.05, 0) is 37.6 Å². The molecular weight excluding hydrogens is 252 g/mol. The summed E-state index contributed by atoms with van der Waals surface area (Å²) in [7, 11) is 1.85. The Balaban J connectivity index is 1.98. The predicted octanol–water partition coefficient (Wildman–Crippen LogP) is 2.56. The van der Waals surface area contributed by atoms with E-state index in [0.29, 0.717) is 6.61 Å². The highest BCUT2D eigenvalue weighted by Gasteiger charge is 2.08. The number of aryl methyl sites for hydroxylation is 3. The van der Waals surface area contributed by atoms with Gasteiger partial charge >= 0.3 is 0 Å². The van der Waals surface area contributed by atoms with Crippen LogP contribution in [0.3, 0.4) is 0 Å². The van der Waals surface area contributed by atoms with E-state index in [-0.39, 0.29) is 0 Å². The third-order valence-electron chi connectivity index (χ3n) is 3.20. The highest BCUT2D eigenvalue weighted by atomic mass is 16.5. The molecule has 0 N–H and O–H groups in total. The van der Waals surface area contributed by atoms with Crippen molar-refractivity contribution in [1.29, 1.82) is 0 Å². The van der Waals surface area contributed by atoms with Crippen LogP contribution in [-0.4, -0.2) is 19.7 Å². The van der Waals surface area contributed by atoms with Crippen LogP contribution in [0.15, 0.2) is 30.6 Å². The third-order valence-corrected chi connectivity index (χ3v) is 3.20. The van der Waals surface area contributed by atoms with Crippen LogP contribution < -0.4 is 4.74 Å². The van der Waals surface area contributed by atoms with Gasteiger partial charge in [-0.2, -0.15) is 5.10 Å². The fourth-order valence-corrected chi connectivity index (χ4v) is 2.15. The molecule has 5 heteroatoms. The van der Waals surface area contributed by atoms with E-state index in [9.17, 15) is 0 Å². The van der Waals surface area contributed by atoms with Crippen molar-refractivity contribution >= 4 is 10.9 Å². The van der Waals surface area contributed by atoms with Gasteiger partial charge < -0.3 is 4.74 Å². The van der Waals surface area contributed by atoms with Crippen molar-refractivity contribution in [3.8, 4) is 5.75 Å². The molecular formula is C15H16N4O. The van der Waals surface area contributed by atoms with Crippen molar-refractivity contribution in [2.45, 2.75) is 20.5 Å². The second kappa shape index (κ2) is 4.92. The number of nitrogens with zero attached hydrogens (tertiary/aromatic N) is 4. The Hall–Kier alpha value is -2.43. The van der Waals surface area contributed by atoms with Crippen LogP contribution >= 0.6 is 0 Å². The molecule has 20 heavy (non-hydrogen) atoms. The Kier molecular flexibility index (Phi) is 3.10. The van der Waals surface area contributed by atoms with Gasteiger partial charge in [-0.25, -0.2) is 9.97 Å². The Morgan fingerprint density at radius 2 is 2.05 bits per heavy atom. The number of rotatable bonds is 3. The zero-order valence-corrected chi connectivity index (χ0v) is 11.8. The van der Waals surface area contributed by atoms with E-state index in [4.69, 9.17) is 4.74 Å². The van der Waals surface area contributed by atoms with Crippen molar-refractivity contribution in [2.75, 3.05) is 0 Å².